The topological polar surface area (TPSA) is 54.0 Å². The van der Waals surface area contributed by atoms with E-state index in [4.69, 9.17) is 0 Å². The van der Waals surface area contributed by atoms with E-state index in [0.29, 0.717) is 11.4 Å². The number of rotatable bonds is 7. The van der Waals surface area contributed by atoms with Crippen molar-refractivity contribution in [3.05, 3.63) is 23.9 Å². The molecule has 0 unspecified atom stereocenters. The minimum absolute atomic E-state index is 0.00160. The number of halogens is 3. The zero-order chi connectivity index (χ0) is 15.0. The van der Waals surface area contributed by atoms with Crippen molar-refractivity contribution in [2.75, 3.05) is 18.4 Å². The van der Waals surface area contributed by atoms with Crippen molar-refractivity contribution in [2.45, 2.75) is 32.4 Å². The number of pyridine rings is 1. The summed E-state index contributed by atoms with van der Waals surface area (Å²) in [6.07, 6.45) is -2.79. The molecule has 0 saturated heterocycles. The molecule has 1 amide bonds. The molecule has 1 aromatic heterocycles. The summed E-state index contributed by atoms with van der Waals surface area (Å²) in [5.74, 6) is 0.184. The van der Waals surface area contributed by atoms with Crippen LogP contribution in [0, 0.1) is 0 Å². The van der Waals surface area contributed by atoms with Gasteiger partial charge >= 0.3 is 6.18 Å². The number of hydrogen-bond donors (Lipinski definition) is 2. The lowest BCUT2D eigenvalue weighted by atomic mass is 10.2. The number of aromatic nitrogens is 1. The predicted octanol–water partition coefficient (Wildman–Crippen LogP) is 2.98. The second-order valence-electron chi connectivity index (χ2n) is 4.33. The number of hydrogen-bond acceptors (Lipinski definition) is 3. The number of alkyl halides is 3. The van der Waals surface area contributed by atoms with Gasteiger partial charge in [-0.2, -0.15) is 13.2 Å². The van der Waals surface area contributed by atoms with E-state index < -0.39 is 18.5 Å². The Bertz CT molecular complexity index is 435. The van der Waals surface area contributed by atoms with Gasteiger partial charge in [-0.1, -0.05) is 6.92 Å². The monoisotopic (exact) mass is 289 g/mol. The third-order valence-corrected chi connectivity index (χ3v) is 2.50. The fourth-order valence-electron chi connectivity index (χ4n) is 1.51. The van der Waals surface area contributed by atoms with Crippen LogP contribution >= 0.6 is 0 Å². The molecule has 0 aromatic carbocycles. The minimum Gasteiger partial charge on any atom is -0.370 e. The molecule has 0 bridgehead atoms. The first-order valence-electron chi connectivity index (χ1n) is 6.47. The maximum atomic E-state index is 11.9. The van der Waals surface area contributed by atoms with E-state index in [-0.39, 0.29) is 13.0 Å². The van der Waals surface area contributed by atoms with Gasteiger partial charge in [0.05, 0.1) is 0 Å². The van der Waals surface area contributed by atoms with E-state index >= 15 is 0 Å². The summed E-state index contributed by atoms with van der Waals surface area (Å²) in [7, 11) is 0. The molecule has 0 aliphatic heterocycles. The Kier molecular flexibility index (Phi) is 6.27. The van der Waals surface area contributed by atoms with E-state index in [1.165, 1.54) is 12.3 Å². The Morgan fingerprint density at radius 2 is 2.10 bits per heavy atom. The van der Waals surface area contributed by atoms with Crippen molar-refractivity contribution < 1.29 is 18.0 Å². The molecule has 0 fully saturated rings. The van der Waals surface area contributed by atoms with E-state index in [0.717, 1.165) is 13.0 Å². The molecule has 7 heteroatoms. The van der Waals surface area contributed by atoms with Crippen LogP contribution in [-0.4, -0.2) is 30.2 Å². The highest BCUT2D eigenvalue weighted by Crippen LogP contribution is 2.20. The van der Waals surface area contributed by atoms with Gasteiger partial charge in [-0.15, -0.1) is 0 Å². The average Bonchev–Trinajstić information content (AvgIpc) is 2.40. The van der Waals surface area contributed by atoms with Crippen LogP contribution < -0.4 is 10.6 Å². The molecule has 0 aliphatic rings. The number of anilines is 1. The number of amides is 1. The van der Waals surface area contributed by atoms with Crippen LogP contribution in [0.1, 0.15) is 36.5 Å². The summed E-state index contributed by atoms with van der Waals surface area (Å²) < 4.78 is 35.8. The van der Waals surface area contributed by atoms with Gasteiger partial charge in [-0.3, -0.25) is 4.79 Å². The number of nitrogens with zero attached hydrogens (tertiary/aromatic N) is 1. The molecule has 0 saturated carbocycles. The smallest absolute Gasteiger partial charge is 0.370 e. The van der Waals surface area contributed by atoms with Crippen LogP contribution in [0.5, 0.6) is 0 Å². The summed E-state index contributed by atoms with van der Waals surface area (Å²) in [5.41, 5.74) is 0.380. The largest absolute Gasteiger partial charge is 0.389 e. The normalized spacial score (nSPS) is 11.2. The molecule has 112 valence electrons. The Morgan fingerprint density at radius 1 is 1.35 bits per heavy atom. The van der Waals surface area contributed by atoms with Crippen LogP contribution in [-0.2, 0) is 0 Å². The van der Waals surface area contributed by atoms with Crippen LogP contribution in [0.15, 0.2) is 18.3 Å². The summed E-state index contributed by atoms with van der Waals surface area (Å²) in [4.78, 5) is 15.8. The third-order valence-electron chi connectivity index (χ3n) is 2.50. The molecule has 1 aromatic rings. The average molecular weight is 289 g/mol. The van der Waals surface area contributed by atoms with Gasteiger partial charge in [0, 0.05) is 31.3 Å². The van der Waals surface area contributed by atoms with Crippen molar-refractivity contribution in [3.63, 3.8) is 0 Å². The fraction of sp³-hybridized carbons (Fsp3) is 0.538. The number of carbonyl (C=O) groups is 1. The Labute approximate surface area is 115 Å². The van der Waals surface area contributed by atoms with Crippen molar-refractivity contribution in [1.29, 1.82) is 0 Å². The van der Waals surface area contributed by atoms with Crippen LogP contribution in [0.3, 0.4) is 0 Å². The van der Waals surface area contributed by atoms with Crippen LogP contribution in [0.25, 0.3) is 0 Å². The lowest BCUT2D eigenvalue weighted by Gasteiger charge is -2.08. The predicted molar refractivity (Wildman–Crippen MR) is 70.6 cm³/mol. The van der Waals surface area contributed by atoms with Gasteiger partial charge in [0.1, 0.15) is 5.82 Å². The number of carbonyl (C=O) groups excluding carboxylic acids is 1. The van der Waals surface area contributed by atoms with Gasteiger partial charge in [0.25, 0.3) is 5.91 Å². The van der Waals surface area contributed by atoms with Gasteiger partial charge < -0.3 is 10.6 Å². The first-order chi connectivity index (χ1) is 9.42. The minimum atomic E-state index is -4.18. The molecule has 0 aliphatic carbocycles. The SMILES string of the molecule is CCCNc1cc(C(=O)NCCCC(F)(F)F)ccn1. The summed E-state index contributed by atoms with van der Waals surface area (Å²) in [6, 6.07) is 3.10. The van der Waals surface area contributed by atoms with Gasteiger partial charge in [-0.05, 0) is 25.0 Å². The highest BCUT2D eigenvalue weighted by Gasteiger charge is 2.25. The van der Waals surface area contributed by atoms with Crippen molar-refractivity contribution >= 4 is 11.7 Å². The summed E-state index contributed by atoms with van der Waals surface area (Å²) in [6.45, 7) is 2.74. The third kappa shape index (κ3) is 6.40. The number of nitrogens with one attached hydrogen (secondary N) is 2. The Morgan fingerprint density at radius 3 is 2.75 bits per heavy atom. The quantitative estimate of drug-likeness (QED) is 0.759. The zero-order valence-corrected chi connectivity index (χ0v) is 11.3. The molecule has 0 radical (unpaired) electrons. The molecule has 1 rings (SSSR count). The molecule has 1 heterocycles. The van der Waals surface area contributed by atoms with E-state index in [9.17, 15) is 18.0 Å². The van der Waals surface area contributed by atoms with Gasteiger partial charge in [-0.25, -0.2) is 4.98 Å². The van der Waals surface area contributed by atoms with E-state index in [2.05, 4.69) is 15.6 Å². The molecule has 4 nitrogen and oxygen atoms in total. The van der Waals surface area contributed by atoms with Gasteiger partial charge in [0.2, 0.25) is 0 Å². The molecular weight excluding hydrogens is 271 g/mol. The second kappa shape index (κ2) is 7.72. The maximum absolute atomic E-state index is 11.9. The van der Waals surface area contributed by atoms with Crippen molar-refractivity contribution in [3.8, 4) is 0 Å². The highest BCUT2D eigenvalue weighted by molar-refractivity contribution is 5.94. The van der Waals surface area contributed by atoms with Crippen molar-refractivity contribution in [2.24, 2.45) is 0 Å². The summed E-state index contributed by atoms with van der Waals surface area (Å²) in [5, 5.41) is 5.50. The molecule has 0 atom stereocenters. The lowest BCUT2D eigenvalue weighted by molar-refractivity contribution is -0.135. The molecule has 20 heavy (non-hydrogen) atoms. The van der Waals surface area contributed by atoms with E-state index in [1.54, 1.807) is 6.07 Å². The Balaban J connectivity index is 2.43. The van der Waals surface area contributed by atoms with E-state index in [1.807, 2.05) is 6.92 Å². The Hall–Kier alpha value is -1.79. The molecular formula is C13H18F3N3O. The second-order valence-corrected chi connectivity index (χ2v) is 4.33. The summed E-state index contributed by atoms with van der Waals surface area (Å²) >= 11 is 0. The first kappa shape index (κ1) is 16.3. The van der Waals surface area contributed by atoms with Gasteiger partial charge in [0.15, 0.2) is 0 Å². The highest BCUT2D eigenvalue weighted by atomic mass is 19.4. The van der Waals surface area contributed by atoms with Crippen LogP contribution in [0.4, 0.5) is 19.0 Å². The molecule has 2 N–H and O–H groups in total. The maximum Gasteiger partial charge on any atom is 0.389 e. The lowest BCUT2D eigenvalue weighted by Crippen LogP contribution is -2.25. The zero-order valence-electron chi connectivity index (χ0n) is 11.3. The first-order valence-corrected chi connectivity index (χ1v) is 6.47. The standard InChI is InChI=1S/C13H18F3N3O/c1-2-6-17-11-9-10(4-8-18-11)12(20)19-7-3-5-13(14,15)16/h4,8-9H,2-3,5-7H2,1H3,(H,17,18)(H,19,20). The van der Waals surface area contributed by atoms with Crippen molar-refractivity contribution in [1.82, 2.24) is 10.3 Å². The molecule has 0 spiro atoms. The fourth-order valence-corrected chi connectivity index (χ4v) is 1.51. The van der Waals surface area contributed by atoms with Crippen LogP contribution in [0.2, 0.25) is 0 Å².